The number of ether oxygens (including phenoxy) is 3. The van der Waals surface area contributed by atoms with Crippen molar-refractivity contribution in [3.63, 3.8) is 0 Å². The monoisotopic (exact) mass is 778 g/mol. The Morgan fingerprint density at radius 1 is 0.789 bits per heavy atom. The van der Waals surface area contributed by atoms with E-state index in [0.717, 1.165) is 53.3 Å². The van der Waals surface area contributed by atoms with Gasteiger partial charge in [0.1, 0.15) is 29.4 Å². The molecule has 3 fully saturated rings. The Morgan fingerprint density at radius 3 is 2.12 bits per heavy atom. The van der Waals surface area contributed by atoms with Gasteiger partial charge in [-0.1, -0.05) is 38.0 Å². The molecule has 0 bridgehead atoms. The van der Waals surface area contributed by atoms with E-state index in [1.807, 2.05) is 43.0 Å². The highest BCUT2D eigenvalue weighted by atomic mass is 16.5. The number of hydrogen-bond donors (Lipinski definition) is 4. The minimum absolute atomic E-state index is 0.0361. The second-order valence-corrected chi connectivity index (χ2v) is 15.2. The van der Waals surface area contributed by atoms with E-state index in [1.165, 1.54) is 14.2 Å². The van der Waals surface area contributed by atoms with Crippen LogP contribution in [0.5, 0.6) is 0 Å². The van der Waals surface area contributed by atoms with Crippen molar-refractivity contribution in [2.45, 2.75) is 76.5 Å². The number of imidazole rings is 2. The number of rotatable bonds is 9. The van der Waals surface area contributed by atoms with Crippen molar-refractivity contribution in [1.29, 1.82) is 0 Å². The number of carbonyl (C=O) groups excluding carboxylic acids is 4. The third-order valence-electron chi connectivity index (χ3n) is 11.2. The molecule has 0 spiro atoms. The number of alkyl carbamates (subject to hydrolysis) is 2. The minimum Gasteiger partial charge on any atom is -0.453 e. The molecule has 0 saturated carbocycles. The summed E-state index contributed by atoms with van der Waals surface area (Å²) in [5.74, 6) is 7.40. The molecule has 0 unspecified atom stereocenters. The van der Waals surface area contributed by atoms with Gasteiger partial charge >= 0.3 is 12.2 Å². The number of carbonyl (C=O) groups is 4. The number of methoxy groups -OCH3 is 2. The van der Waals surface area contributed by atoms with Crippen molar-refractivity contribution in [2.75, 3.05) is 40.5 Å². The number of aromatic nitrogens is 4. The molecule has 7 rings (SSSR count). The van der Waals surface area contributed by atoms with Gasteiger partial charge in [0.05, 0.1) is 44.4 Å². The van der Waals surface area contributed by atoms with Gasteiger partial charge in [0, 0.05) is 37.4 Å². The average Bonchev–Trinajstić information content (AvgIpc) is 4.07. The summed E-state index contributed by atoms with van der Waals surface area (Å²) in [6, 6.07) is 10.4. The first-order chi connectivity index (χ1) is 27.6. The lowest BCUT2D eigenvalue weighted by molar-refractivity contribution is -0.137. The summed E-state index contributed by atoms with van der Waals surface area (Å²) in [7, 11) is 2.59. The number of nitrogens with one attached hydrogen (secondary N) is 4. The quantitative estimate of drug-likeness (QED) is 0.166. The van der Waals surface area contributed by atoms with Crippen molar-refractivity contribution in [2.24, 2.45) is 11.8 Å². The van der Waals surface area contributed by atoms with Crippen LogP contribution in [0.25, 0.3) is 22.0 Å². The van der Waals surface area contributed by atoms with Crippen molar-refractivity contribution in [3.8, 4) is 23.1 Å². The molecule has 57 heavy (non-hydrogen) atoms. The van der Waals surface area contributed by atoms with E-state index in [2.05, 4.69) is 54.5 Å². The molecule has 3 aliphatic heterocycles. The molecule has 3 aliphatic rings. The summed E-state index contributed by atoms with van der Waals surface area (Å²) in [6.45, 7) is 6.06. The van der Waals surface area contributed by atoms with E-state index in [9.17, 15) is 19.2 Å². The molecule has 5 heterocycles. The van der Waals surface area contributed by atoms with Gasteiger partial charge in [-0.2, -0.15) is 0 Å². The number of benzene rings is 2. The Hall–Kier alpha value is -5.88. The van der Waals surface area contributed by atoms with Crippen LogP contribution in [0.4, 0.5) is 9.59 Å². The molecule has 2 aromatic heterocycles. The molecule has 4 amide bonds. The third-order valence-corrected chi connectivity index (χ3v) is 11.2. The highest BCUT2D eigenvalue weighted by Gasteiger charge is 2.40. The Kier molecular flexibility index (Phi) is 12.1. The zero-order valence-electron chi connectivity index (χ0n) is 32.8. The second kappa shape index (κ2) is 17.5. The molecule has 3 saturated heterocycles. The highest BCUT2D eigenvalue weighted by molar-refractivity contribution is 5.89. The van der Waals surface area contributed by atoms with Crippen molar-refractivity contribution < 1.29 is 33.4 Å². The molecule has 300 valence electrons. The van der Waals surface area contributed by atoms with Crippen LogP contribution >= 0.6 is 0 Å². The molecule has 15 heteroatoms. The summed E-state index contributed by atoms with van der Waals surface area (Å²) >= 11 is 0. The molecular formula is C42H50N8O7. The molecular weight excluding hydrogens is 729 g/mol. The maximum Gasteiger partial charge on any atom is 0.407 e. The fourth-order valence-electron chi connectivity index (χ4n) is 8.16. The predicted molar refractivity (Wildman–Crippen MR) is 211 cm³/mol. The van der Waals surface area contributed by atoms with Gasteiger partial charge in [-0.3, -0.25) is 9.59 Å². The fourth-order valence-corrected chi connectivity index (χ4v) is 8.16. The van der Waals surface area contributed by atoms with Gasteiger partial charge in [0.25, 0.3) is 0 Å². The van der Waals surface area contributed by atoms with Crippen molar-refractivity contribution in [3.05, 3.63) is 71.7 Å². The van der Waals surface area contributed by atoms with Crippen LogP contribution in [-0.4, -0.2) is 106 Å². The maximum atomic E-state index is 13.9. The Morgan fingerprint density at radius 2 is 1.42 bits per heavy atom. The Balaban J connectivity index is 1.02. The van der Waals surface area contributed by atoms with Gasteiger partial charge in [-0.05, 0) is 85.3 Å². The number of H-pyrrole nitrogens is 2. The van der Waals surface area contributed by atoms with Gasteiger partial charge in [0.15, 0.2) is 0 Å². The van der Waals surface area contributed by atoms with E-state index in [0.29, 0.717) is 56.5 Å². The number of likely N-dealkylation sites (tertiary alicyclic amines) is 2. The van der Waals surface area contributed by atoms with E-state index in [-0.39, 0.29) is 35.7 Å². The van der Waals surface area contributed by atoms with Gasteiger partial charge < -0.3 is 44.6 Å². The first-order valence-corrected chi connectivity index (χ1v) is 19.7. The number of nitrogens with zero attached hydrogens (tertiary/aromatic N) is 4. The van der Waals surface area contributed by atoms with Crippen LogP contribution in [0, 0.1) is 23.7 Å². The van der Waals surface area contributed by atoms with Crippen molar-refractivity contribution >= 4 is 34.8 Å². The molecule has 4 N–H and O–H groups in total. The SMILES string of the molecule is COC(=O)N[C@H](C(=O)N1CCC[C@H]1c1ncc(-c2ccc3cc(C#Cc4cnc([C@@H]5CCCN5C(=O)[C@@H](NC(=O)OC)C5CCOCC5)[nH]4)ccc3c2)[nH]1)C(C)C. The number of fused-ring (bicyclic) bond motifs is 1. The zero-order chi connectivity index (χ0) is 40.1. The van der Waals surface area contributed by atoms with Crippen molar-refractivity contribution in [1.82, 2.24) is 40.4 Å². The van der Waals surface area contributed by atoms with E-state index in [1.54, 1.807) is 17.3 Å². The summed E-state index contributed by atoms with van der Waals surface area (Å²) in [4.78, 5) is 71.3. The number of aromatic amines is 2. The first kappa shape index (κ1) is 39.4. The summed E-state index contributed by atoms with van der Waals surface area (Å²) in [5.41, 5.74) is 3.30. The first-order valence-electron chi connectivity index (χ1n) is 19.7. The molecule has 0 aliphatic carbocycles. The normalized spacial score (nSPS) is 19.5. The van der Waals surface area contributed by atoms with E-state index >= 15 is 0 Å². The van der Waals surface area contributed by atoms with Gasteiger partial charge in [-0.25, -0.2) is 19.6 Å². The molecule has 2 aromatic carbocycles. The molecule has 4 aromatic rings. The Labute approximate surface area is 331 Å². The van der Waals surface area contributed by atoms with E-state index < -0.39 is 24.3 Å². The summed E-state index contributed by atoms with van der Waals surface area (Å²) in [6.07, 6.45) is 6.81. The topological polar surface area (TPSA) is 184 Å². The summed E-state index contributed by atoms with van der Waals surface area (Å²) < 4.78 is 15.1. The van der Waals surface area contributed by atoms with E-state index in [4.69, 9.17) is 14.2 Å². The number of amides is 4. The second-order valence-electron chi connectivity index (χ2n) is 15.2. The highest BCUT2D eigenvalue weighted by Crippen LogP contribution is 2.35. The Bertz CT molecular complexity index is 2160. The van der Waals surface area contributed by atoms with Gasteiger partial charge in [0.2, 0.25) is 11.8 Å². The molecule has 0 radical (unpaired) electrons. The maximum absolute atomic E-state index is 13.9. The lowest BCUT2D eigenvalue weighted by atomic mass is 9.90. The van der Waals surface area contributed by atoms with Crippen LogP contribution < -0.4 is 10.6 Å². The van der Waals surface area contributed by atoms with Crippen LogP contribution in [0.1, 0.15) is 87.4 Å². The van der Waals surface area contributed by atoms with Crippen LogP contribution in [-0.2, 0) is 23.8 Å². The standard InChI is InChI=1S/C42H50N8O7/c1-25(2)35(47-41(53)55-3)39(51)49-17-6-8-34(49)38-44-24-32(46-38)30-13-12-28-21-26(9-11-29(28)22-30)10-14-31-23-43-37(45-31)33-7-5-18-50(33)40(52)36(48-42(54)56-4)27-15-19-57-20-16-27/h9,11-13,21-25,27,33-36H,5-8,15-20H2,1-4H3,(H,43,45)(H,44,46)(H,47,53)(H,48,54)/t33-,34-,35-,36-/m0/s1. The van der Waals surface area contributed by atoms with Gasteiger partial charge in [-0.15, -0.1) is 0 Å². The molecule has 15 nitrogen and oxygen atoms in total. The predicted octanol–water partition coefficient (Wildman–Crippen LogP) is 5.21. The average molecular weight is 779 g/mol. The minimum atomic E-state index is -0.695. The number of hydrogen-bond acceptors (Lipinski definition) is 9. The zero-order valence-corrected chi connectivity index (χ0v) is 32.8. The third kappa shape index (κ3) is 8.76. The smallest absolute Gasteiger partial charge is 0.407 e. The van der Waals surface area contributed by atoms with Crippen LogP contribution in [0.15, 0.2) is 48.8 Å². The lowest BCUT2D eigenvalue weighted by Gasteiger charge is -2.34. The lowest BCUT2D eigenvalue weighted by Crippen LogP contribution is -2.53. The van der Waals surface area contributed by atoms with Crippen LogP contribution in [0.2, 0.25) is 0 Å². The molecule has 4 atom stereocenters. The van der Waals surface area contributed by atoms with Crippen LogP contribution in [0.3, 0.4) is 0 Å². The largest absolute Gasteiger partial charge is 0.453 e. The fraction of sp³-hybridized carbons (Fsp3) is 0.476. The summed E-state index contributed by atoms with van der Waals surface area (Å²) in [5, 5.41) is 7.55.